The van der Waals surface area contributed by atoms with Crippen molar-refractivity contribution in [3.8, 4) is 11.6 Å². The van der Waals surface area contributed by atoms with Crippen LogP contribution in [-0.2, 0) is 4.79 Å². The monoisotopic (exact) mass is 422 g/mol. The first kappa shape index (κ1) is 20.2. The van der Waals surface area contributed by atoms with Gasteiger partial charge in [-0.25, -0.2) is 9.97 Å². The second-order valence-corrected chi connectivity index (χ2v) is 7.80. The first-order chi connectivity index (χ1) is 14.6. The summed E-state index contributed by atoms with van der Waals surface area (Å²) in [6.07, 6.45) is 4.74. The van der Waals surface area contributed by atoms with Gasteiger partial charge in [0, 0.05) is 42.1 Å². The van der Waals surface area contributed by atoms with Crippen LogP contribution in [-0.4, -0.2) is 29.0 Å². The van der Waals surface area contributed by atoms with Crippen LogP contribution in [0.25, 0.3) is 0 Å². The maximum absolute atomic E-state index is 12.6. The Hall–Kier alpha value is -3.12. The van der Waals surface area contributed by atoms with Crippen molar-refractivity contribution in [2.24, 2.45) is 5.92 Å². The predicted octanol–water partition coefficient (Wildman–Crippen LogP) is 5.09. The van der Waals surface area contributed by atoms with Crippen molar-refractivity contribution < 1.29 is 9.53 Å². The van der Waals surface area contributed by atoms with Crippen molar-refractivity contribution >= 4 is 29.0 Å². The minimum atomic E-state index is -0.0571. The van der Waals surface area contributed by atoms with Crippen molar-refractivity contribution in [3.05, 3.63) is 71.5 Å². The van der Waals surface area contributed by atoms with E-state index in [2.05, 4.69) is 20.2 Å². The lowest BCUT2D eigenvalue weighted by atomic mass is 9.96. The summed E-state index contributed by atoms with van der Waals surface area (Å²) in [5.74, 6) is 1.86. The highest BCUT2D eigenvalue weighted by Gasteiger charge is 2.27. The van der Waals surface area contributed by atoms with Gasteiger partial charge >= 0.3 is 0 Å². The summed E-state index contributed by atoms with van der Waals surface area (Å²) in [5, 5.41) is 3.56. The molecule has 4 rings (SSSR count). The molecule has 154 valence electrons. The fraction of sp³-hybridized carbons (Fsp3) is 0.261. The molecule has 1 aliphatic heterocycles. The smallest absolute Gasteiger partial charge is 0.263 e. The van der Waals surface area contributed by atoms with E-state index in [0.717, 1.165) is 24.3 Å². The molecule has 0 saturated carbocycles. The maximum atomic E-state index is 12.6. The van der Waals surface area contributed by atoms with Crippen LogP contribution in [0.3, 0.4) is 0 Å². The summed E-state index contributed by atoms with van der Waals surface area (Å²) >= 11 is 6.00. The Bertz CT molecular complexity index is 1020. The standard InChI is InChI=1S/C23H23ClN4O2/c1-16-5-7-20(8-6-16)30-23-21(25-11-12-26-23)28-13-9-17(10-14-28)22(29)27-19-4-2-3-18(24)15-19/h2-8,11-12,15,17H,9-10,13-14H2,1H3,(H,27,29). The van der Waals surface area contributed by atoms with Gasteiger partial charge in [0.05, 0.1) is 0 Å². The Morgan fingerprint density at radius 2 is 1.83 bits per heavy atom. The molecular formula is C23H23ClN4O2. The van der Waals surface area contributed by atoms with Crippen molar-refractivity contribution in [1.29, 1.82) is 0 Å². The lowest BCUT2D eigenvalue weighted by Crippen LogP contribution is -2.38. The Morgan fingerprint density at radius 1 is 1.10 bits per heavy atom. The molecule has 0 bridgehead atoms. The summed E-state index contributed by atoms with van der Waals surface area (Å²) in [7, 11) is 0. The third kappa shape index (κ3) is 4.89. The number of hydrogen-bond donors (Lipinski definition) is 1. The first-order valence-corrected chi connectivity index (χ1v) is 10.3. The average molecular weight is 423 g/mol. The number of anilines is 2. The highest BCUT2D eigenvalue weighted by atomic mass is 35.5. The molecule has 1 amide bonds. The Labute approximate surface area is 180 Å². The quantitative estimate of drug-likeness (QED) is 0.620. The van der Waals surface area contributed by atoms with Crippen molar-refractivity contribution in [2.45, 2.75) is 19.8 Å². The number of nitrogens with zero attached hydrogens (tertiary/aromatic N) is 3. The molecule has 7 heteroatoms. The molecule has 3 aromatic rings. The third-order valence-electron chi connectivity index (χ3n) is 5.14. The number of carbonyl (C=O) groups is 1. The number of halogens is 1. The summed E-state index contributed by atoms with van der Waals surface area (Å²) in [6.45, 7) is 3.44. The third-order valence-corrected chi connectivity index (χ3v) is 5.37. The Balaban J connectivity index is 1.39. The Kier molecular flexibility index (Phi) is 6.14. The number of aryl methyl sites for hydroxylation is 1. The number of ether oxygens (including phenoxy) is 1. The number of benzene rings is 2. The van der Waals surface area contributed by atoms with Crippen molar-refractivity contribution in [3.63, 3.8) is 0 Å². The fourth-order valence-corrected chi connectivity index (χ4v) is 3.68. The number of nitrogens with one attached hydrogen (secondary N) is 1. The van der Waals surface area contributed by atoms with Crippen LogP contribution in [0.2, 0.25) is 5.02 Å². The second-order valence-electron chi connectivity index (χ2n) is 7.36. The number of amides is 1. The van der Waals surface area contributed by atoms with Gasteiger partial charge in [0.25, 0.3) is 5.88 Å². The van der Waals surface area contributed by atoms with E-state index in [-0.39, 0.29) is 11.8 Å². The van der Waals surface area contributed by atoms with Gasteiger partial charge in [0.1, 0.15) is 5.75 Å². The molecule has 2 aromatic carbocycles. The zero-order chi connectivity index (χ0) is 20.9. The molecule has 1 saturated heterocycles. The number of piperidine rings is 1. The van der Waals surface area contributed by atoms with E-state index in [0.29, 0.717) is 29.8 Å². The highest BCUT2D eigenvalue weighted by Crippen LogP contribution is 2.31. The van der Waals surface area contributed by atoms with E-state index in [1.807, 2.05) is 43.3 Å². The van der Waals surface area contributed by atoms with Crippen LogP contribution in [0.15, 0.2) is 60.9 Å². The summed E-state index contributed by atoms with van der Waals surface area (Å²) in [6, 6.07) is 15.0. The van der Waals surface area contributed by atoms with Gasteiger partial charge in [-0.15, -0.1) is 0 Å². The molecule has 0 spiro atoms. The lowest BCUT2D eigenvalue weighted by Gasteiger charge is -2.32. The molecule has 30 heavy (non-hydrogen) atoms. The highest BCUT2D eigenvalue weighted by molar-refractivity contribution is 6.30. The summed E-state index contributed by atoms with van der Waals surface area (Å²) in [5.41, 5.74) is 1.89. The lowest BCUT2D eigenvalue weighted by molar-refractivity contribution is -0.120. The minimum absolute atomic E-state index is 0.0205. The normalized spacial score (nSPS) is 14.4. The molecule has 1 fully saturated rings. The van der Waals surface area contributed by atoms with E-state index in [9.17, 15) is 4.79 Å². The van der Waals surface area contributed by atoms with Gasteiger partial charge in [-0.1, -0.05) is 35.4 Å². The number of rotatable bonds is 5. The molecule has 0 radical (unpaired) electrons. The molecular weight excluding hydrogens is 400 g/mol. The minimum Gasteiger partial charge on any atom is -0.436 e. The van der Waals surface area contributed by atoms with E-state index < -0.39 is 0 Å². The number of carbonyl (C=O) groups excluding carboxylic acids is 1. The van der Waals surface area contributed by atoms with E-state index in [1.165, 1.54) is 5.56 Å². The molecule has 1 aliphatic rings. The molecule has 0 atom stereocenters. The SMILES string of the molecule is Cc1ccc(Oc2nccnc2N2CCC(C(=O)Nc3cccc(Cl)c3)CC2)cc1. The van der Waals surface area contributed by atoms with Gasteiger partial charge in [-0.3, -0.25) is 4.79 Å². The van der Waals surface area contributed by atoms with Crippen molar-refractivity contribution in [1.82, 2.24) is 9.97 Å². The number of hydrogen-bond acceptors (Lipinski definition) is 5. The van der Waals surface area contributed by atoms with Crippen LogP contribution in [0, 0.1) is 12.8 Å². The summed E-state index contributed by atoms with van der Waals surface area (Å²) < 4.78 is 5.98. The molecule has 2 heterocycles. The van der Waals surface area contributed by atoms with Gasteiger partial charge in [0.15, 0.2) is 5.82 Å². The van der Waals surface area contributed by atoms with E-state index in [1.54, 1.807) is 24.5 Å². The molecule has 1 aromatic heterocycles. The number of aromatic nitrogens is 2. The van der Waals surface area contributed by atoms with Crippen LogP contribution in [0.5, 0.6) is 11.6 Å². The van der Waals surface area contributed by atoms with Crippen LogP contribution in [0.4, 0.5) is 11.5 Å². The van der Waals surface area contributed by atoms with Crippen LogP contribution in [0.1, 0.15) is 18.4 Å². The summed E-state index contributed by atoms with van der Waals surface area (Å²) in [4.78, 5) is 23.6. The van der Waals surface area contributed by atoms with Crippen LogP contribution < -0.4 is 15.0 Å². The van der Waals surface area contributed by atoms with Crippen LogP contribution >= 0.6 is 11.6 Å². The van der Waals surface area contributed by atoms with Crippen molar-refractivity contribution in [2.75, 3.05) is 23.3 Å². The van der Waals surface area contributed by atoms with E-state index in [4.69, 9.17) is 16.3 Å². The molecule has 1 N–H and O–H groups in total. The Morgan fingerprint density at radius 3 is 2.57 bits per heavy atom. The van der Waals surface area contributed by atoms with Gasteiger partial charge in [-0.2, -0.15) is 0 Å². The van der Waals surface area contributed by atoms with Gasteiger partial charge in [-0.05, 0) is 50.1 Å². The first-order valence-electron chi connectivity index (χ1n) is 9.95. The molecule has 6 nitrogen and oxygen atoms in total. The van der Waals surface area contributed by atoms with Gasteiger partial charge in [0.2, 0.25) is 5.91 Å². The molecule has 0 aliphatic carbocycles. The van der Waals surface area contributed by atoms with Gasteiger partial charge < -0.3 is 15.0 Å². The predicted molar refractivity (Wildman–Crippen MR) is 118 cm³/mol. The van der Waals surface area contributed by atoms with E-state index >= 15 is 0 Å². The zero-order valence-corrected chi connectivity index (χ0v) is 17.5. The largest absolute Gasteiger partial charge is 0.436 e. The molecule has 0 unspecified atom stereocenters. The zero-order valence-electron chi connectivity index (χ0n) is 16.7. The topological polar surface area (TPSA) is 67.4 Å². The average Bonchev–Trinajstić information content (AvgIpc) is 2.76. The maximum Gasteiger partial charge on any atom is 0.263 e. The fourth-order valence-electron chi connectivity index (χ4n) is 3.49. The second kappa shape index (κ2) is 9.13.